The van der Waals surface area contributed by atoms with Gasteiger partial charge in [0.15, 0.2) is 0 Å². The van der Waals surface area contributed by atoms with Gasteiger partial charge in [0.05, 0.1) is 0 Å². The van der Waals surface area contributed by atoms with E-state index < -0.39 is 0 Å². The summed E-state index contributed by atoms with van der Waals surface area (Å²) in [6.45, 7) is 8.44. The topological polar surface area (TPSA) is 15.3 Å². The SMILES string of the molecule is CC1CNC(C)(C2CC2)CN1CC1Cc2ccccc2S1. The standard InChI is InChI=1S/C18H26N2S/c1-13-10-19-18(2,15-7-8-15)12-20(13)11-16-9-14-5-3-4-6-17(14)21-16/h3-6,13,15-16,19H,7-12H2,1-2H3. The molecule has 0 spiro atoms. The Labute approximate surface area is 132 Å². The Morgan fingerprint density at radius 1 is 1.33 bits per heavy atom. The zero-order chi connectivity index (χ0) is 14.4. The summed E-state index contributed by atoms with van der Waals surface area (Å²) in [5.74, 6) is 0.918. The Morgan fingerprint density at radius 2 is 2.14 bits per heavy atom. The van der Waals surface area contributed by atoms with Gasteiger partial charge in [-0.3, -0.25) is 4.90 Å². The molecule has 0 bridgehead atoms. The smallest absolute Gasteiger partial charge is 0.0309 e. The Hall–Kier alpha value is -0.510. The summed E-state index contributed by atoms with van der Waals surface area (Å²) in [4.78, 5) is 4.26. The predicted molar refractivity (Wildman–Crippen MR) is 90.0 cm³/mol. The molecule has 1 aromatic carbocycles. The van der Waals surface area contributed by atoms with Crippen LogP contribution in [0.5, 0.6) is 0 Å². The number of rotatable bonds is 3. The third-order valence-electron chi connectivity index (χ3n) is 5.59. The molecule has 114 valence electrons. The van der Waals surface area contributed by atoms with Gasteiger partial charge in [0.1, 0.15) is 0 Å². The minimum absolute atomic E-state index is 0.364. The van der Waals surface area contributed by atoms with E-state index in [1.54, 1.807) is 5.56 Å². The number of hydrogen-bond acceptors (Lipinski definition) is 3. The largest absolute Gasteiger partial charge is 0.308 e. The van der Waals surface area contributed by atoms with E-state index in [0.717, 1.165) is 17.7 Å². The van der Waals surface area contributed by atoms with Crippen LogP contribution in [0.25, 0.3) is 0 Å². The lowest BCUT2D eigenvalue weighted by Gasteiger charge is -2.46. The second kappa shape index (κ2) is 5.29. The predicted octanol–water partition coefficient (Wildman–Crippen LogP) is 3.17. The Kier molecular flexibility index (Phi) is 3.55. The van der Waals surface area contributed by atoms with E-state index in [0.29, 0.717) is 11.6 Å². The summed E-state index contributed by atoms with van der Waals surface area (Å²) in [5.41, 5.74) is 1.92. The van der Waals surface area contributed by atoms with Crippen molar-refractivity contribution in [2.45, 2.75) is 54.8 Å². The molecule has 1 aromatic rings. The third kappa shape index (κ3) is 2.76. The molecule has 4 rings (SSSR count). The maximum Gasteiger partial charge on any atom is 0.0309 e. The molecule has 1 saturated carbocycles. The molecule has 3 aliphatic rings. The monoisotopic (exact) mass is 302 g/mol. The number of thioether (sulfide) groups is 1. The Bertz CT molecular complexity index is 503. The number of benzene rings is 1. The van der Waals surface area contributed by atoms with Crippen molar-refractivity contribution in [2.75, 3.05) is 19.6 Å². The van der Waals surface area contributed by atoms with E-state index >= 15 is 0 Å². The zero-order valence-corrected chi connectivity index (χ0v) is 14.0. The number of fused-ring (bicyclic) bond motifs is 1. The number of hydrogen-bond donors (Lipinski definition) is 1. The highest BCUT2D eigenvalue weighted by molar-refractivity contribution is 8.00. The van der Waals surface area contributed by atoms with Crippen molar-refractivity contribution in [3.63, 3.8) is 0 Å². The molecule has 21 heavy (non-hydrogen) atoms. The molecule has 0 aromatic heterocycles. The molecule has 3 atom stereocenters. The average Bonchev–Trinajstić information content (AvgIpc) is 3.25. The van der Waals surface area contributed by atoms with Crippen molar-refractivity contribution in [1.29, 1.82) is 0 Å². The van der Waals surface area contributed by atoms with Crippen molar-refractivity contribution in [1.82, 2.24) is 10.2 Å². The molecule has 2 nitrogen and oxygen atoms in total. The van der Waals surface area contributed by atoms with Crippen molar-refractivity contribution in [3.8, 4) is 0 Å². The van der Waals surface area contributed by atoms with E-state index in [-0.39, 0.29) is 0 Å². The van der Waals surface area contributed by atoms with Gasteiger partial charge < -0.3 is 5.32 Å². The number of nitrogens with zero attached hydrogens (tertiary/aromatic N) is 1. The molecule has 1 aliphatic carbocycles. The van der Waals surface area contributed by atoms with Crippen LogP contribution in [0.1, 0.15) is 32.3 Å². The van der Waals surface area contributed by atoms with Crippen LogP contribution in [0.4, 0.5) is 0 Å². The first-order chi connectivity index (χ1) is 10.1. The van der Waals surface area contributed by atoms with Gasteiger partial charge in [0.2, 0.25) is 0 Å². The van der Waals surface area contributed by atoms with Gasteiger partial charge in [-0.2, -0.15) is 0 Å². The molecule has 0 radical (unpaired) electrons. The van der Waals surface area contributed by atoms with Gasteiger partial charge >= 0.3 is 0 Å². The van der Waals surface area contributed by atoms with E-state index in [1.807, 2.05) is 0 Å². The second-order valence-corrected chi connectivity index (χ2v) is 8.75. The number of piperazine rings is 1. The molecule has 2 fully saturated rings. The maximum atomic E-state index is 3.83. The van der Waals surface area contributed by atoms with Crippen LogP contribution in [-0.4, -0.2) is 41.4 Å². The summed E-state index contributed by atoms with van der Waals surface area (Å²) in [6.07, 6.45) is 4.10. The van der Waals surface area contributed by atoms with Gasteiger partial charge in [-0.1, -0.05) is 18.2 Å². The van der Waals surface area contributed by atoms with Crippen LogP contribution in [0.2, 0.25) is 0 Å². The molecule has 2 heterocycles. The summed E-state index contributed by atoms with van der Waals surface area (Å²) in [6, 6.07) is 9.61. The van der Waals surface area contributed by atoms with Crippen molar-refractivity contribution >= 4 is 11.8 Å². The average molecular weight is 302 g/mol. The maximum absolute atomic E-state index is 3.83. The van der Waals surface area contributed by atoms with E-state index in [1.165, 1.54) is 37.2 Å². The van der Waals surface area contributed by atoms with Crippen LogP contribution in [0, 0.1) is 5.92 Å². The summed E-state index contributed by atoms with van der Waals surface area (Å²) in [7, 11) is 0. The van der Waals surface area contributed by atoms with Gasteiger partial charge in [-0.15, -0.1) is 11.8 Å². The highest BCUT2D eigenvalue weighted by Gasteiger charge is 2.45. The third-order valence-corrected chi connectivity index (χ3v) is 6.89. The molecule has 2 aliphatic heterocycles. The van der Waals surface area contributed by atoms with E-state index in [2.05, 4.69) is 60.1 Å². The van der Waals surface area contributed by atoms with E-state index in [9.17, 15) is 0 Å². The zero-order valence-electron chi connectivity index (χ0n) is 13.1. The first-order valence-electron chi connectivity index (χ1n) is 8.38. The second-order valence-electron chi connectivity index (χ2n) is 7.40. The first-order valence-corrected chi connectivity index (χ1v) is 9.26. The molecular formula is C18H26N2S. The molecule has 1 N–H and O–H groups in total. The molecule has 1 saturated heterocycles. The van der Waals surface area contributed by atoms with Gasteiger partial charge in [0, 0.05) is 41.4 Å². The van der Waals surface area contributed by atoms with Crippen LogP contribution < -0.4 is 5.32 Å². The summed E-state index contributed by atoms with van der Waals surface area (Å²) < 4.78 is 0. The Morgan fingerprint density at radius 3 is 2.90 bits per heavy atom. The van der Waals surface area contributed by atoms with Gasteiger partial charge in [-0.05, 0) is 50.7 Å². The molecule has 3 heteroatoms. The lowest BCUT2D eigenvalue weighted by atomic mass is 9.91. The minimum Gasteiger partial charge on any atom is -0.308 e. The highest BCUT2D eigenvalue weighted by atomic mass is 32.2. The van der Waals surface area contributed by atoms with E-state index in [4.69, 9.17) is 0 Å². The van der Waals surface area contributed by atoms with Crippen LogP contribution in [0.15, 0.2) is 29.2 Å². The fraction of sp³-hybridized carbons (Fsp3) is 0.667. The quantitative estimate of drug-likeness (QED) is 0.923. The Balaban J connectivity index is 1.42. The highest BCUT2D eigenvalue weighted by Crippen LogP contribution is 2.42. The fourth-order valence-corrected chi connectivity index (χ4v) is 5.35. The van der Waals surface area contributed by atoms with Crippen LogP contribution in [0.3, 0.4) is 0 Å². The van der Waals surface area contributed by atoms with Crippen LogP contribution in [-0.2, 0) is 6.42 Å². The number of nitrogens with one attached hydrogen (secondary N) is 1. The first kappa shape index (κ1) is 14.1. The van der Waals surface area contributed by atoms with Gasteiger partial charge in [-0.25, -0.2) is 0 Å². The molecule has 0 amide bonds. The van der Waals surface area contributed by atoms with Crippen LogP contribution >= 0.6 is 11.8 Å². The summed E-state index contributed by atoms with van der Waals surface area (Å²) >= 11 is 2.09. The lowest BCUT2D eigenvalue weighted by molar-refractivity contribution is 0.0840. The van der Waals surface area contributed by atoms with Crippen molar-refractivity contribution in [3.05, 3.63) is 29.8 Å². The van der Waals surface area contributed by atoms with Crippen molar-refractivity contribution in [2.24, 2.45) is 5.92 Å². The normalized spacial score (nSPS) is 36.7. The van der Waals surface area contributed by atoms with Crippen molar-refractivity contribution < 1.29 is 0 Å². The van der Waals surface area contributed by atoms with Gasteiger partial charge in [0.25, 0.3) is 0 Å². The lowest BCUT2D eigenvalue weighted by Crippen LogP contribution is -2.64. The minimum atomic E-state index is 0.364. The molecular weight excluding hydrogens is 276 g/mol. The molecule has 3 unspecified atom stereocenters. The summed E-state index contributed by atoms with van der Waals surface area (Å²) in [5, 5.41) is 4.57. The fourth-order valence-electron chi connectivity index (χ4n) is 4.00.